The molecule has 1 saturated heterocycles. The number of hydrogen-bond donors (Lipinski definition) is 4. The number of rotatable bonds is 5. The highest BCUT2D eigenvalue weighted by molar-refractivity contribution is 8.24. The van der Waals surface area contributed by atoms with Crippen LogP contribution in [0.25, 0.3) is 22.0 Å². The molecule has 0 aliphatic carbocycles. The lowest BCUT2D eigenvalue weighted by Crippen LogP contribution is -2.42. The maximum atomic E-state index is 14.5. The summed E-state index contributed by atoms with van der Waals surface area (Å²) in [5.41, 5.74) is 8.28. The average molecular weight is 548 g/mol. The summed E-state index contributed by atoms with van der Waals surface area (Å²) in [4.78, 5) is 28.6. The molecule has 1 aliphatic heterocycles. The van der Waals surface area contributed by atoms with Gasteiger partial charge in [-0.25, -0.2) is 19.3 Å². The summed E-state index contributed by atoms with van der Waals surface area (Å²) in [5, 5.41) is 13.1. The van der Waals surface area contributed by atoms with Crippen LogP contribution in [0.3, 0.4) is 0 Å². The summed E-state index contributed by atoms with van der Waals surface area (Å²) < 4.78 is 34.7. The van der Waals surface area contributed by atoms with E-state index in [9.17, 15) is 23.6 Å². The fourth-order valence-electron chi connectivity index (χ4n) is 4.67. The van der Waals surface area contributed by atoms with Gasteiger partial charge in [0.05, 0.1) is 34.3 Å². The van der Waals surface area contributed by atoms with Gasteiger partial charge in [-0.3, -0.25) is 13.9 Å². The second-order valence-corrected chi connectivity index (χ2v) is 11.7. The van der Waals surface area contributed by atoms with Crippen LogP contribution in [0, 0.1) is 17.1 Å². The second-order valence-electron chi connectivity index (χ2n) is 9.24. The maximum absolute atomic E-state index is 14.5. The molecule has 0 spiro atoms. The minimum Gasteiger partial charge on any atom is -0.382 e. The molecule has 4 aromatic rings. The van der Waals surface area contributed by atoms with Crippen LogP contribution in [0.15, 0.2) is 54.9 Å². The van der Waals surface area contributed by atoms with Crippen molar-refractivity contribution in [1.82, 2.24) is 19.9 Å². The van der Waals surface area contributed by atoms with E-state index in [4.69, 9.17) is 10.7 Å². The normalized spacial score (nSPS) is 16.3. The number of carbonyl (C=O) groups is 1. The van der Waals surface area contributed by atoms with Crippen molar-refractivity contribution < 1.29 is 18.3 Å². The summed E-state index contributed by atoms with van der Waals surface area (Å²) in [7, 11) is -2.73. The second kappa shape index (κ2) is 10.5. The van der Waals surface area contributed by atoms with E-state index < -0.39 is 22.4 Å². The van der Waals surface area contributed by atoms with Crippen molar-refractivity contribution in [2.24, 2.45) is 0 Å². The van der Waals surface area contributed by atoms with Crippen molar-refractivity contribution in [3.8, 4) is 17.2 Å². The number of aromatic nitrogens is 3. The van der Waals surface area contributed by atoms with Gasteiger partial charge in [0, 0.05) is 24.0 Å². The number of fused-ring (bicyclic) bond motifs is 1. The lowest BCUT2D eigenvalue weighted by atomic mass is 9.91. The first-order valence-corrected chi connectivity index (χ1v) is 14.1. The zero-order chi connectivity index (χ0) is 27.7. The van der Waals surface area contributed by atoms with Crippen molar-refractivity contribution in [3.05, 3.63) is 77.5 Å². The minimum absolute atomic E-state index is 0.0272. The number of benzene rings is 2. The molecule has 1 atom stereocenters. The number of nitrogens with zero attached hydrogens (tertiary/aromatic N) is 5. The van der Waals surface area contributed by atoms with Crippen LogP contribution in [0.1, 0.15) is 34.6 Å². The molecule has 2 aromatic heterocycles. The molecule has 3 heterocycles. The van der Waals surface area contributed by atoms with Gasteiger partial charge in [0.25, 0.3) is 5.91 Å². The van der Waals surface area contributed by atoms with Crippen LogP contribution in [-0.4, -0.2) is 59.5 Å². The van der Waals surface area contributed by atoms with Crippen LogP contribution >= 0.6 is 10.6 Å². The third-order valence-corrected chi connectivity index (χ3v) is 8.34. The van der Waals surface area contributed by atoms with E-state index in [1.807, 2.05) is 43.3 Å². The smallest absolute Gasteiger partial charge is 0.255 e. The third kappa shape index (κ3) is 5.20. The van der Waals surface area contributed by atoms with Gasteiger partial charge in [0.2, 0.25) is 0 Å². The lowest BCUT2D eigenvalue weighted by molar-refractivity contribution is 0.0770. The molecule has 10 nitrogen and oxygen atoms in total. The molecule has 2 aromatic carbocycles. The lowest BCUT2D eigenvalue weighted by Gasteiger charge is -2.41. The van der Waals surface area contributed by atoms with Crippen LogP contribution in [-0.2, 0) is 0 Å². The van der Waals surface area contributed by atoms with E-state index >= 15 is 0 Å². The van der Waals surface area contributed by atoms with Gasteiger partial charge in [-0.05, 0) is 30.7 Å². The van der Waals surface area contributed by atoms with Crippen molar-refractivity contribution in [2.45, 2.75) is 13.0 Å². The zero-order valence-electron chi connectivity index (χ0n) is 21.0. The van der Waals surface area contributed by atoms with Crippen LogP contribution in [0.2, 0.25) is 0 Å². The first-order chi connectivity index (χ1) is 18.7. The Morgan fingerprint density at radius 1 is 1.18 bits per heavy atom. The van der Waals surface area contributed by atoms with E-state index in [0.717, 1.165) is 0 Å². The van der Waals surface area contributed by atoms with Crippen LogP contribution in [0.5, 0.6) is 0 Å². The van der Waals surface area contributed by atoms with E-state index in [-0.39, 0.29) is 53.3 Å². The van der Waals surface area contributed by atoms with Gasteiger partial charge < -0.3 is 16.0 Å². The molecular formula is C27H26FN7O3S. The van der Waals surface area contributed by atoms with E-state index in [2.05, 4.69) is 15.3 Å². The first-order valence-electron chi connectivity index (χ1n) is 12.2. The Kier molecular flexibility index (Phi) is 7.05. The molecule has 1 aliphatic rings. The van der Waals surface area contributed by atoms with E-state index in [1.165, 1.54) is 24.5 Å². The number of carbonyl (C=O) groups excluding carboxylic acids is 1. The van der Waals surface area contributed by atoms with Crippen molar-refractivity contribution in [2.75, 3.05) is 35.6 Å². The molecule has 12 heteroatoms. The molecule has 1 fully saturated rings. The van der Waals surface area contributed by atoms with Gasteiger partial charge in [0.1, 0.15) is 35.4 Å². The number of nitriles is 1. The maximum Gasteiger partial charge on any atom is 0.255 e. The fourth-order valence-corrected chi connectivity index (χ4v) is 5.90. The molecule has 5 rings (SSSR count). The monoisotopic (exact) mass is 547 g/mol. The number of nitrogens with two attached hydrogens (primary N) is 1. The number of anilines is 2. The van der Waals surface area contributed by atoms with Crippen molar-refractivity contribution in [3.63, 3.8) is 0 Å². The van der Waals surface area contributed by atoms with E-state index in [1.54, 1.807) is 4.90 Å². The number of pyridine rings is 1. The highest BCUT2D eigenvalue weighted by Gasteiger charge is 2.31. The molecular weight excluding hydrogens is 521 g/mol. The summed E-state index contributed by atoms with van der Waals surface area (Å²) in [6, 6.07) is 14.7. The Morgan fingerprint density at radius 2 is 1.90 bits per heavy atom. The first kappa shape index (κ1) is 26.3. The molecule has 0 saturated carbocycles. The Morgan fingerprint density at radius 3 is 2.59 bits per heavy atom. The predicted octanol–water partition coefficient (Wildman–Crippen LogP) is 4.66. The van der Waals surface area contributed by atoms with Crippen molar-refractivity contribution in [1.29, 1.82) is 5.26 Å². The van der Waals surface area contributed by atoms with Gasteiger partial charge in [-0.15, -0.1) is 0 Å². The Hall–Kier alpha value is -4.31. The zero-order valence-corrected chi connectivity index (χ0v) is 21.8. The standard InChI is InChI=1S/C27H26FN7O3S/c1-16(33-26-20(14-29)25(30)31-15-32-26)24-22(17-5-3-2-4-6-17)23(19-13-18(28)7-8-21(19)34-24)27(36)35-9-11-39(37,38)12-10-35/h2-8,13,15-16,37-38H,9-12H2,1H3,(H3,30,31,32,33). The number of hydrogen-bond acceptors (Lipinski definition) is 9. The van der Waals surface area contributed by atoms with Gasteiger partial charge in [-0.2, -0.15) is 15.9 Å². The fraction of sp³-hybridized carbons (Fsp3) is 0.222. The Bertz CT molecular complexity index is 1600. The molecule has 0 bridgehead atoms. The van der Waals surface area contributed by atoms with Gasteiger partial charge in [0.15, 0.2) is 0 Å². The highest BCUT2D eigenvalue weighted by atomic mass is 32.3. The molecule has 1 amide bonds. The van der Waals surface area contributed by atoms with E-state index in [0.29, 0.717) is 27.7 Å². The number of amides is 1. The predicted molar refractivity (Wildman–Crippen MR) is 149 cm³/mol. The molecule has 1 unspecified atom stereocenters. The minimum atomic E-state index is -2.73. The number of halogens is 1. The van der Waals surface area contributed by atoms with Crippen LogP contribution < -0.4 is 11.1 Å². The van der Waals surface area contributed by atoms with Gasteiger partial charge >= 0.3 is 0 Å². The highest BCUT2D eigenvalue weighted by Crippen LogP contribution is 2.42. The number of nitrogens with one attached hydrogen (secondary N) is 1. The largest absolute Gasteiger partial charge is 0.382 e. The molecule has 39 heavy (non-hydrogen) atoms. The topological polar surface area (TPSA) is 161 Å². The van der Waals surface area contributed by atoms with Gasteiger partial charge in [-0.1, -0.05) is 30.3 Å². The molecule has 5 N–H and O–H groups in total. The third-order valence-electron chi connectivity index (χ3n) is 6.67. The summed E-state index contributed by atoms with van der Waals surface area (Å²) >= 11 is 0. The summed E-state index contributed by atoms with van der Waals surface area (Å²) in [5.74, 6) is -0.481. The quantitative estimate of drug-likeness (QED) is 0.278. The number of nitrogen functional groups attached to an aromatic ring is 1. The SMILES string of the molecule is CC(Nc1ncnc(N)c1C#N)c1nc2ccc(F)cc2c(C(=O)N2CCS(O)(O)CC2)c1-c1ccccc1. The summed E-state index contributed by atoms with van der Waals surface area (Å²) in [6.07, 6.45) is 1.25. The summed E-state index contributed by atoms with van der Waals surface area (Å²) in [6.45, 7) is 2.13. The molecule has 200 valence electrons. The molecule has 0 radical (unpaired) electrons. The average Bonchev–Trinajstić information content (AvgIpc) is 2.92. The van der Waals surface area contributed by atoms with Crippen molar-refractivity contribution >= 4 is 39.0 Å². The Labute approximate surface area is 225 Å². The Balaban J connectivity index is 1.72. The van der Waals surface area contributed by atoms with Crippen LogP contribution in [0.4, 0.5) is 16.0 Å².